The van der Waals surface area contributed by atoms with E-state index in [1.807, 2.05) is 6.92 Å². The van der Waals surface area contributed by atoms with E-state index in [4.69, 9.17) is 15.7 Å². The number of allylic oxidation sites excluding steroid dienone is 3. The first kappa shape index (κ1) is 28.4. The molecule has 0 saturated heterocycles. The zero-order valence-corrected chi connectivity index (χ0v) is 24.3. The first-order chi connectivity index (χ1) is 19.0. The van der Waals surface area contributed by atoms with Crippen molar-refractivity contribution in [2.24, 2.45) is 10.7 Å². The molecule has 1 heterocycles. The molecule has 0 bridgehead atoms. The fourth-order valence-corrected chi connectivity index (χ4v) is 5.71. The number of anilines is 1. The molecule has 0 fully saturated rings. The van der Waals surface area contributed by atoms with Crippen LogP contribution >= 0.6 is 0 Å². The summed E-state index contributed by atoms with van der Waals surface area (Å²) in [5, 5.41) is 3.81. The van der Waals surface area contributed by atoms with Gasteiger partial charge in [-0.25, -0.2) is 4.98 Å². The molecule has 4 nitrogen and oxygen atoms in total. The lowest BCUT2D eigenvalue weighted by Gasteiger charge is -2.20. The minimum absolute atomic E-state index is 0.223. The first-order valence-corrected chi connectivity index (χ1v) is 14.7. The van der Waals surface area contributed by atoms with E-state index in [1.54, 1.807) is 6.20 Å². The number of hydrogen-bond donors (Lipinski definition) is 2. The number of fused-ring (bicyclic) bond motifs is 1. The van der Waals surface area contributed by atoms with Crippen LogP contribution in [-0.2, 0) is 12.8 Å². The van der Waals surface area contributed by atoms with Crippen LogP contribution in [0.4, 0.5) is 11.5 Å². The van der Waals surface area contributed by atoms with E-state index >= 15 is 0 Å². The summed E-state index contributed by atoms with van der Waals surface area (Å²) in [4.78, 5) is 10.0. The van der Waals surface area contributed by atoms with Gasteiger partial charge in [-0.3, -0.25) is 4.99 Å². The fraction of sp³-hybridized carbons (Fsp3) is 0.371. The smallest absolute Gasteiger partial charge is 0.126 e. The Morgan fingerprint density at radius 2 is 1.90 bits per heavy atom. The molecule has 1 atom stereocenters. The van der Waals surface area contributed by atoms with Gasteiger partial charge in [-0.05, 0) is 115 Å². The number of nitrogens with zero attached hydrogens (tertiary/aromatic N) is 2. The summed E-state index contributed by atoms with van der Waals surface area (Å²) in [7, 11) is 0. The summed E-state index contributed by atoms with van der Waals surface area (Å²) in [5.74, 6) is 0.964. The number of aryl methyl sites for hydroxylation is 2. The third-order valence-electron chi connectivity index (χ3n) is 7.66. The van der Waals surface area contributed by atoms with Crippen molar-refractivity contribution in [3.63, 3.8) is 0 Å². The van der Waals surface area contributed by atoms with Crippen LogP contribution in [0.1, 0.15) is 95.1 Å². The first-order valence-electron chi connectivity index (χ1n) is 14.7. The van der Waals surface area contributed by atoms with Crippen molar-refractivity contribution in [3.05, 3.63) is 94.8 Å². The van der Waals surface area contributed by atoms with Crippen molar-refractivity contribution < 1.29 is 0 Å². The van der Waals surface area contributed by atoms with Crippen molar-refractivity contribution in [1.29, 1.82) is 0 Å². The molecule has 1 aromatic heterocycles. The van der Waals surface area contributed by atoms with Crippen molar-refractivity contribution in [3.8, 4) is 11.1 Å². The quantitative estimate of drug-likeness (QED) is 0.248. The Labute approximate surface area is 235 Å². The lowest BCUT2D eigenvalue weighted by molar-refractivity contribution is 0.756. The molecule has 4 heteroatoms. The monoisotopic (exact) mass is 520 g/mol. The Hall–Kier alpha value is -3.66. The van der Waals surface area contributed by atoms with Gasteiger partial charge in [-0.2, -0.15) is 0 Å². The van der Waals surface area contributed by atoms with Crippen LogP contribution in [0.5, 0.6) is 0 Å². The molecule has 3 aromatic rings. The lowest BCUT2D eigenvalue weighted by atomic mass is 9.94. The molecule has 0 amide bonds. The second-order valence-corrected chi connectivity index (χ2v) is 10.4. The molecule has 1 unspecified atom stereocenters. The Morgan fingerprint density at radius 1 is 1.08 bits per heavy atom. The van der Waals surface area contributed by atoms with Gasteiger partial charge in [0.15, 0.2) is 0 Å². The Kier molecular flexibility index (Phi) is 9.75. The molecule has 1 aliphatic carbocycles. The van der Waals surface area contributed by atoms with Crippen LogP contribution in [0.2, 0.25) is 0 Å². The number of benzene rings is 2. The number of rotatable bonds is 11. The molecule has 0 radical (unpaired) electrons. The molecule has 0 aliphatic heterocycles. The maximum absolute atomic E-state index is 5.77. The van der Waals surface area contributed by atoms with Gasteiger partial charge in [0.1, 0.15) is 5.82 Å². The maximum atomic E-state index is 5.77. The Morgan fingerprint density at radius 3 is 2.62 bits per heavy atom. The van der Waals surface area contributed by atoms with E-state index in [9.17, 15) is 0 Å². The topological polar surface area (TPSA) is 63.3 Å². The molecule has 204 valence electrons. The number of aromatic nitrogens is 1. The number of nitrogens with two attached hydrogens (primary N) is 1. The molecular formula is C35H44N4. The van der Waals surface area contributed by atoms with Gasteiger partial charge in [-0.15, -0.1) is 0 Å². The van der Waals surface area contributed by atoms with Gasteiger partial charge < -0.3 is 11.1 Å². The highest BCUT2D eigenvalue weighted by atomic mass is 15.0. The average Bonchev–Trinajstić information content (AvgIpc) is 3.38. The average molecular weight is 521 g/mol. The summed E-state index contributed by atoms with van der Waals surface area (Å²) >= 11 is 0. The van der Waals surface area contributed by atoms with Crippen LogP contribution < -0.4 is 11.1 Å². The molecule has 4 rings (SSSR count). The highest BCUT2D eigenvalue weighted by molar-refractivity contribution is 6.01. The SMILES string of the molecule is CC/C=C(\CCC)c1ccc(NC2CCc3cccc(-c4cccc(N=C(CC)C(C)=CN)c4)c32)nc1CC. The van der Waals surface area contributed by atoms with Crippen molar-refractivity contribution in [2.75, 3.05) is 5.32 Å². The normalized spacial score (nSPS) is 15.9. The molecule has 0 saturated carbocycles. The van der Waals surface area contributed by atoms with Gasteiger partial charge in [0.05, 0.1) is 11.7 Å². The molecule has 0 spiro atoms. The number of aliphatic imine (C=N–C) groups is 1. The van der Waals surface area contributed by atoms with Gasteiger partial charge in [0, 0.05) is 11.4 Å². The van der Waals surface area contributed by atoms with E-state index in [0.29, 0.717) is 0 Å². The minimum Gasteiger partial charge on any atom is -0.404 e. The molecular weight excluding hydrogens is 476 g/mol. The highest BCUT2D eigenvalue weighted by Crippen LogP contribution is 2.41. The highest BCUT2D eigenvalue weighted by Gasteiger charge is 2.26. The van der Waals surface area contributed by atoms with Crippen LogP contribution in [0, 0.1) is 0 Å². The summed E-state index contributed by atoms with van der Waals surface area (Å²) in [6.07, 6.45) is 11.2. The van der Waals surface area contributed by atoms with E-state index in [-0.39, 0.29) is 6.04 Å². The van der Waals surface area contributed by atoms with E-state index in [0.717, 1.165) is 67.7 Å². The number of pyridine rings is 1. The molecule has 39 heavy (non-hydrogen) atoms. The largest absolute Gasteiger partial charge is 0.404 e. The number of nitrogens with one attached hydrogen (secondary N) is 1. The van der Waals surface area contributed by atoms with Crippen molar-refractivity contribution in [1.82, 2.24) is 4.98 Å². The third-order valence-corrected chi connectivity index (χ3v) is 7.66. The predicted molar refractivity (Wildman–Crippen MR) is 169 cm³/mol. The molecule has 3 N–H and O–H groups in total. The van der Waals surface area contributed by atoms with Crippen molar-refractivity contribution >= 4 is 22.8 Å². The third kappa shape index (κ3) is 6.50. The van der Waals surface area contributed by atoms with Gasteiger partial charge in [0.2, 0.25) is 0 Å². The Balaban J connectivity index is 1.67. The van der Waals surface area contributed by atoms with Gasteiger partial charge >= 0.3 is 0 Å². The second kappa shape index (κ2) is 13.4. The maximum Gasteiger partial charge on any atom is 0.126 e. The van der Waals surface area contributed by atoms with Crippen LogP contribution in [-0.4, -0.2) is 10.7 Å². The van der Waals surface area contributed by atoms with Crippen molar-refractivity contribution in [2.45, 2.75) is 85.6 Å². The summed E-state index contributed by atoms with van der Waals surface area (Å²) < 4.78 is 0. The van der Waals surface area contributed by atoms with Gasteiger partial charge in [-0.1, -0.05) is 70.5 Å². The minimum atomic E-state index is 0.223. The fourth-order valence-electron chi connectivity index (χ4n) is 5.71. The zero-order valence-electron chi connectivity index (χ0n) is 24.3. The second-order valence-electron chi connectivity index (χ2n) is 10.4. The zero-order chi connectivity index (χ0) is 27.8. The summed E-state index contributed by atoms with van der Waals surface area (Å²) in [6, 6.07) is 19.9. The Bertz CT molecular complexity index is 1380. The summed E-state index contributed by atoms with van der Waals surface area (Å²) in [6.45, 7) is 10.8. The van der Waals surface area contributed by atoms with E-state index in [2.05, 4.69) is 93.7 Å². The number of hydrogen-bond acceptors (Lipinski definition) is 4. The van der Waals surface area contributed by atoms with Gasteiger partial charge in [0.25, 0.3) is 0 Å². The summed E-state index contributed by atoms with van der Waals surface area (Å²) in [5.41, 5.74) is 17.9. The van der Waals surface area contributed by atoms with Crippen LogP contribution in [0.3, 0.4) is 0 Å². The van der Waals surface area contributed by atoms with Crippen LogP contribution in [0.25, 0.3) is 16.7 Å². The molecule has 1 aliphatic rings. The standard InChI is InChI=1S/C35H44N4/c1-6-12-25(13-7-2)29-19-21-34(38-32(29)9-4)39-33-20-18-26-14-11-17-30(35(26)33)27-15-10-16-28(22-27)37-31(8-3)24(5)23-36/h10-12,14-17,19,21-23,33H,6-9,13,18,20,36H2,1-5H3,(H,38,39)/b24-23?,25-12+,37-31?. The van der Waals surface area contributed by atoms with E-state index < -0.39 is 0 Å². The van der Waals surface area contributed by atoms with Crippen LogP contribution in [0.15, 0.2) is 77.4 Å². The van der Waals surface area contributed by atoms with E-state index in [1.165, 1.54) is 39.1 Å². The molecule has 2 aromatic carbocycles. The predicted octanol–water partition coefficient (Wildman–Crippen LogP) is 9.35. The lowest BCUT2D eigenvalue weighted by Crippen LogP contribution is -2.11.